The summed E-state index contributed by atoms with van der Waals surface area (Å²) < 4.78 is 17.6. The highest BCUT2D eigenvalue weighted by Crippen LogP contribution is 2.37. The molecule has 4 aromatic carbocycles. The summed E-state index contributed by atoms with van der Waals surface area (Å²) in [5.41, 5.74) is 4.47. The van der Waals surface area contributed by atoms with E-state index in [1.54, 1.807) is 54.6 Å². The zero-order valence-corrected chi connectivity index (χ0v) is 23.9. The second kappa shape index (κ2) is 12.9. The minimum atomic E-state index is -0.578. The second-order valence-electron chi connectivity index (χ2n) is 8.68. The molecule has 0 unspecified atom stereocenters. The van der Waals surface area contributed by atoms with Gasteiger partial charge in [0.15, 0.2) is 11.5 Å². The Morgan fingerprint density at radius 2 is 1.68 bits per heavy atom. The number of hydrogen-bond acceptors (Lipinski definition) is 7. The maximum atomic E-state index is 12.8. The Morgan fingerprint density at radius 3 is 2.41 bits per heavy atom. The van der Waals surface area contributed by atoms with Crippen LogP contribution in [0.15, 0.2) is 96.1 Å². The summed E-state index contributed by atoms with van der Waals surface area (Å²) in [6.07, 6.45) is 1.46. The van der Waals surface area contributed by atoms with Crippen LogP contribution in [0.3, 0.4) is 0 Å². The maximum Gasteiger partial charge on any atom is 0.355 e. The first-order chi connectivity index (χ1) is 19.9. The molecule has 0 aliphatic rings. The topological polar surface area (TPSA) is 86.2 Å². The van der Waals surface area contributed by atoms with E-state index in [4.69, 9.17) is 37.4 Å². The predicted molar refractivity (Wildman–Crippen MR) is 162 cm³/mol. The lowest BCUT2D eigenvalue weighted by Crippen LogP contribution is -2.17. The number of nitrogens with zero attached hydrogens (tertiary/aromatic N) is 1. The zero-order chi connectivity index (χ0) is 28.8. The molecular formula is C31H22Cl2N2O5S. The number of thiophene rings is 1. The quantitative estimate of drug-likeness (QED) is 0.0803. The number of fused-ring (bicyclic) bond motifs is 1. The second-order valence-corrected chi connectivity index (χ2v) is 10.5. The fourth-order valence-corrected chi connectivity index (χ4v) is 5.33. The van der Waals surface area contributed by atoms with E-state index >= 15 is 0 Å². The third-order valence-electron chi connectivity index (χ3n) is 5.93. The monoisotopic (exact) mass is 604 g/mol. The minimum absolute atomic E-state index is 0.229. The van der Waals surface area contributed by atoms with Crippen LogP contribution in [0.5, 0.6) is 17.2 Å². The smallest absolute Gasteiger partial charge is 0.355 e. The van der Waals surface area contributed by atoms with Crippen LogP contribution in [0.2, 0.25) is 10.0 Å². The van der Waals surface area contributed by atoms with Crippen LogP contribution in [0.1, 0.15) is 31.2 Å². The fourth-order valence-electron chi connectivity index (χ4n) is 3.82. The number of amides is 1. The van der Waals surface area contributed by atoms with Gasteiger partial charge in [-0.3, -0.25) is 4.79 Å². The number of rotatable bonds is 9. The van der Waals surface area contributed by atoms with Crippen molar-refractivity contribution in [2.75, 3.05) is 7.11 Å². The Morgan fingerprint density at radius 1 is 0.927 bits per heavy atom. The average Bonchev–Trinajstić information content (AvgIpc) is 3.34. The SMILES string of the molecule is COc1cc(/C=N\NC(=O)c2ccc(COc3ccc(Cl)cc3)cc2)ccc1OC(=O)c1sc2ccccc2c1Cl. The molecule has 41 heavy (non-hydrogen) atoms. The van der Waals surface area contributed by atoms with Gasteiger partial charge >= 0.3 is 5.97 Å². The molecule has 1 heterocycles. The molecule has 1 N–H and O–H groups in total. The van der Waals surface area contributed by atoms with E-state index in [-0.39, 0.29) is 11.7 Å². The molecule has 0 atom stereocenters. The molecule has 1 aromatic heterocycles. The number of ether oxygens (including phenoxy) is 3. The van der Waals surface area contributed by atoms with Crippen molar-refractivity contribution in [3.63, 3.8) is 0 Å². The Balaban J connectivity index is 1.17. The van der Waals surface area contributed by atoms with Crippen LogP contribution in [-0.4, -0.2) is 25.2 Å². The summed E-state index contributed by atoms with van der Waals surface area (Å²) in [4.78, 5) is 25.7. The summed E-state index contributed by atoms with van der Waals surface area (Å²) in [7, 11) is 1.46. The van der Waals surface area contributed by atoms with E-state index in [2.05, 4.69) is 10.5 Å². The molecule has 10 heteroatoms. The van der Waals surface area contributed by atoms with Crippen molar-refractivity contribution in [2.24, 2.45) is 5.10 Å². The summed E-state index contributed by atoms with van der Waals surface area (Å²) in [6, 6.07) is 26.5. The van der Waals surface area contributed by atoms with Gasteiger partial charge < -0.3 is 14.2 Å². The molecule has 0 radical (unpaired) electrons. The highest BCUT2D eigenvalue weighted by Gasteiger charge is 2.20. The molecule has 0 saturated carbocycles. The Hall–Kier alpha value is -4.37. The summed E-state index contributed by atoms with van der Waals surface area (Å²) in [5.74, 6) is 0.304. The molecule has 7 nitrogen and oxygen atoms in total. The number of hydrogen-bond donors (Lipinski definition) is 1. The minimum Gasteiger partial charge on any atom is -0.493 e. The van der Waals surface area contributed by atoms with Crippen LogP contribution >= 0.6 is 34.5 Å². The van der Waals surface area contributed by atoms with Gasteiger partial charge in [0.25, 0.3) is 5.91 Å². The van der Waals surface area contributed by atoms with Gasteiger partial charge in [-0.25, -0.2) is 10.2 Å². The van der Waals surface area contributed by atoms with Gasteiger partial charge in [-0.15, -0.1) is 11.3 Å². The predicted octanol–water partition coefficient (Wildman–Crippen LogP) is 7.78. The standard InChI is InChI=1S/C31H22Cl2N2O5S/c1-38-26-16-20(8-15-25(26)40-31(37)29-28(33)24-4-2-3-5-27(24)41-29)17-34-35-30(36)21-9-6-19(7-10-21)18-39-23-13-11-22(32)12-14-23/h2-17H,18H2,1H3,(H,35,36)/b34-17-. The van der Waals surface area contributed by atoms with Gasteiger partial charge in [-0.1, -0.05) is 53.5 Å². The average molecular weight is 605 g/mol. The molecule has 0 bridgehead atoms. The number of esters is 1. The molecule has 5 rings (SSSR count). The van der Waals surface area contributed by atoms with Crippen molar-refractivity contribution in [3.05, 3.63) is 123 Å². The van der Waals surface area contributed by atoms with E-state index in [0.717, 1.165) is 15.6 Å². The largest absolute Gasteiger partial charge is 0.493 e. The zero-order valence-electron chi connectivity index (χ0n) is 21.6. The van der Waals surface area contributed by atoms with Crippen LogP contribution in [0, 0.1) is 0 Å². The van der Waals surface area contributed by atoms with Crippen LogP contribution in [-0.2, 0) is 6.61 Å². The number of carbonyl (C=O) groups excluding carboxylic acids is 2. The summed E-state index contributed by atoms with van der Waals surface area (Å²) in [5, 5.41) is 5.83. The molecule has 0 spiro atoms. The van der Waals surface area contributed by atoms with Crippen LogP contribution < -0.4 is 19.6 Å². The van der Waals surface area contributed by atoms with E-state index in [0.29, 0.717) is 44.2 Å². The molecular weight excluding hydrogens is 583 g/mol. The number of carbonyl (C=O) groups is 2. The van der Waals surface area contributed by atoms with Crippen molar-refractivity contribution < 1.29 is 23.8 Å². The van der Waals surface area contributed by atoms with Crippen LogP contribution in [0.4, 0.5) is 0 Å². The Bertz CT molecular complexity index is 1730. The van der Waals surface area contributed by atoms with Gasteiger partial charge in [0.05, 0.1) is 18.3 Å². The number of hydrazone groups is 1. The highest BCUT2D eigenvalue weighted by molar-refractivity contribution is 7.21. The Kier molecular flexibility index (Phi) is 8.84. The van der Waals surface area contributed by atoms with Gasteiger partial charge in [0.2, 0.25) is 0 Å². The van der Waals surface area contributed by atoms with E-state index in [9.17, 15) is 9.59 Å². The van der Waals surface area contributed by atoms with Crippen molar-refractivity contribution in [3.8, 4) is 17.2 Å². The van der Waals surface area contributed by atoms with Crippen molar-refractivity contribution in [1.82, 2.24) is 5.43 Å². The van der Waals surface area contributed by atoms with Crippen molar-refractivity contribution >= 4 is 62.7 Å². The number of methoxy groups -OCH3 is 1. The van der Waals surface area contributed by atoms with Crippen molar-refractivity contribution in [2.45, 2.75) is 6.61 Å². The number of halogens is 2. The fraction of sp³-hybridized carbons (Fsp3) is 0.0645. The first-order valence-electron chi connectivity index (χ1n) is 12.3. The van der Waals surface area contributed by atoms with Crippen molar-refractivity contribution in [1.29, 1.82) is 0 Å². The number of benzene rings is 4. The molecule has 0 fully saturated rings. The van der Waals surface area contributed by atoms with Gasteiger partial charge in [0, 0.05) is 20.7 Å². The molecule has 1 amide bonds. The highest BCUT2D eigenvalue weighted by atomic mass is 35.5. The first kappa shape index (κ1) is 28.2. The molecule has 5 aromatic rings. The first-order valence-corrected chi connectivity index (χ1v) is 13.9. The van der Waals surface area contributed by atoms with E-state index in [1.807, 2.05) is 36.4 Å². The normalized spacial score (nSPS) is 11.0. The number of nitrogens with one attached hydrogen (secondary N) is 1. The lowest BCUT2D eigenvalue weighted by molar-refractivity contribution is 0.0734. The summed E-state index contributed by atoms with van der Waals surface area (Å²) >= 11 is 13.6. The molecule has 0 saturated heterocycles. The van der Waals surface area contributed by atoms with Gasteiger partial charge in [-0.05, 0) is 71.8 Å². The third kappa shape index (κ3) is 6.86. The van der Waals surface area contributed by atoms with Gasteiger partial charge in [-0.2, -0.15) is 5.10 Å². The van der Waals surface area contributed by atoms with Crippen LogP contribution in [0.25, 0.3) is 10.1 Å². The van der Waals surface area contributed by atoms with E-state index in [1.165, 1.54) is 24.7 Å². The van der Waals surface area contributed by atoms with E-state index < -0.39 is 5.97 Å². The lowest BCUT2D eigenvalue weighted by Gasteiger charge is -2.09. The summed E-state index contributed by atoms with van der Waals surface area (Å²) in [6.45, 7) is 0.353. The Labute approximate surface area is 249 Å². The maximum absolute atomic E-state index is 12.8. The third-order valence-corrected chi connectivity index (χ3v) is 7.83. The molecule has 0 aliphatic carbocycles. The lowest BCUT2D eigenvalue weighted by atomic mass is 10.1. The van der Waals surface area contributed by atoms with Gasteiger partial charge in [0.1, 0.15) is 17.2 Å². The molecule has 206 valence electrons. The molecule has 0 aliphatic heterocycles.